The lowest BCUT2D eigenvalue weighted by Crippen LogP contribution is -2.25. The number of thiophene rings is 1. The summed E-state index contributed by atoms with van der Waals surface area (Å²) in [6, 6.07) is 13.1. The molecule has 0 saturated heterocycles. The fraction of sp³-hybridized carbons (Fsp3) is 0.375. The van der Waals surface area contributed by atoms with Crippen molar-refractivity contribution in [3.63, 3.8) is 0 Å². The van der Waals surface area contributed by atoms with E-state index >= 15 is 0 Å². The molecule has 2 aromatic rings. The molecule has 0 spiro atoms. The summed E-state index contributed by atoms with van der Waals surface area (Å²) < 4.78 is 5.16. The van der Waals surface area contributed by atoms with Crippen molar-refractivity contribution in [1.82, 2.24) is 5.32 Å². The van der Waals surface area contributed by atoms with Gasteiger partial charge in [-0.15, -0.1) is 11.3 Å². The van der Waals surface area contributed by atoms with Crippen molar-refractivity contribution >= 4 is 11.3 Å². The second-order valence-electron chi connectivity index (χ2n) is 4.75. The van der Waals surface area contributed by atoms with Crippen LogP contribution in [0.2, 0.25) is 0 Å². The summed E-state index contributed by atoms with van der Waals surface area (Å²) in [5.41, 5.74) is 1.37. The molecular weight excluding hydrogens is 254 g/mol. The molecule has 19 heavy (non-hydrogen) atoms. The fourth-order valence-electron chi connectivity index (χ4n) is 1.97. The highest BCUT2D eigenvalue weighted by Crippen LogP contribution is 2.13. The van der Waals surface area contributed by atoms with Crippen LogP contribution in [0.25, 0.3) is 0 Å². The molecule has 2 rings (SSSR count). The number of hydrogen-bond donors (Lipinski definition) is 1. The second kappa shape index (κ2) is 7.31. The van der Waals surface area contributed by atoms with Crippen LogP contribution in [0.4, 0.5) is 0 Å². The molecule has 1 N–H and O–H groups in total. The molecule has 1 unspecified atom stereocenters. The Bertz CT molecular complexity index is 464. The molecule has 0 saturated carbocycles. The van der Waals surface area contributed by atoms with Gasteiger partial charge in [0.2, 0.25) is 0 Å². The molecule has 1 aromatic heterocycles. The largest absolute Gasteiger partial charge is 0.497 e. The number of aryl methyl sites for hydroxylation is 1. The van der Waals surface area contributed by atoms with Crippen molar-refractivity contribution in [3.8, 4) is 5.75 Å². The number of hydrogen-bond acceptors (Lipinski definition) is 3. The Kier molecular flexibility index (Phi) is 5.43. The quantitative estimate of drug-likeness (QED) is 0.828. The van der Waals surface area contributed by atoms with E-state index in [0.29, 0.717) is 6.04 Å². The highest BCUT2D eigenvalue weighted by molar-refractivity contribution is 7.09. The Morgan fingerprint density at radius 3 is 2.63 bits per heavy atom. The van der Waals surface area contributed by atoms with Crippen molar-refractivity contribution in [2.75, 3.05) is 7.11 Å². The van der Waals surface area contributed by atoms with E-state index in [2.05, 4.69) is 41.9 Å². The van der Waals surface area contributed by atoms with Gasteiger partial charge in [-0.05, 0) is 48.9 Å². The Balaban J connectivity index is 1.71. The van der Waals surface area contributed by atoms with Crippen LogP contribution >= 0.6 is 11.3 Å². The minimum absolute atomic E-state index is 0.532. The predicted octanol–water partition coefficient (Wildman–Crippen LogP) is 3.87. The first-order chi connectivity index (χ1) is 9.28. The standard InChI is InChI=1S/C16H21NOS/c1-13(17-12-16-4-3-11-19-16)5-6-14-7-9-15(18-2)10-8-14/h3-4,7-11,13,17H,5-6,12H2,1-2H3. The molecule has 1 aromatic carbocycles. The smallest absolute Gasteiger partial charge is 0.118 e. The number of methoxy groups -OCH3 is 1. The van der Waals surface area contributed by atoms with E-state index in [1.807, 2.05) is 23.5 Å². The molecule has 0 radical (unpaired) electrons. The van der Waals surface area contributed by atoms with E-state index in [4.69, 9.17) is 4.74 Å². The van der Waals surface area contributed by atoms with Gasteiger partial charge in [-0.3, -0.25) is 0 Å². The molecule has 1 heterocycles. The maximum absolute atomic E-state index is 5.16. The third-order valence-electron chi connectivity index (χ3n) is 3.23. The number of benzene rings is 1. The molecule has 0 bridgehead atoms. The maximum atomic E-state index is 5.16. The van der Waals surface area contributed by atoms with Gasteiger partial charge in [-0.25, -0.2) is 0 Å². The van der Waals surface area contributed by atoms with Gasteiger partial charge in [0.1, 0.15) is 5.75 Å². The van der Waals surface area contributed by atoms with Crippen LogP contribution in [-0.2, 0) is 13.0 Å². The fourth-order valence-corrected chi connectivity index (χ4v) is 2.62. The molecule has 0 fully saturated rings. The van der Waals surface area contributed by atoms with Crippen molar-refractivity contribution in [1.29, 1.82) is 0 Å². The van der Waals surface area contributed by atoms with Crippen LogP contribution < -0.4 is 10.1 Å². The van der Waals surface area contributed by atoms with Gasteiger partial charge in [0.05, 0.1) is 7.11 Å². The van der Waals surface area contributed by atoms with E-state index in [1.165, 1.54) is 10.4 Å². The van der Waals surface area contributed by atoms with Crippen LogP contribution in [-0.4, -0.2) is 13.2 Å². The van der Waals surface area contributed by atoms with E-state index < -0.39 is 0 Å². The Labute approximate surface area is 119 Å². The van der Waals surface area contributed by atoms with Crippen LogP contribution in [0.5, 0.6) is 5.75 Å². The molecule has 0 aliphatic rings. The molecule has 3 heteroatoms. The number of nitrogens with one attached hydrogen (secondary N) is 1. The molecule has 1 atom stereocenters. The third-order valence-corrected chi connectivity index (χ3v) is 4.11. The number of rotatable bonds is 7. The molecule has 2 nitrogen and oxygen atoms in total. The van der Waals surface area contributed by atoms with Gasteiger partial charge < -0.3 is 10.1 Å². The van der Waals surface area contributed by atoms with Gasteiger partial charge in [-0.1, -0.05) is 18.2 Å². The Hall–Kier alpha value is -1.32. The zero-order valence-electron chi connectivity index (χ0n) is 11.6. The van der Waals surface area contributed by atoms with Crippen molar-refractivity contribution in [2.45, 2.75) is 32.4 Å². The van der Waals surface area contributed by atoms with Gasteiger partial charge in [0, 0.05) is 17.5 Å². The minimum Gasteiger partial charge on any atom is -0.497 e. The van der Waals surface area contributed by atoms with Crippen molar-refractivity contribution < 1.29 is 4.74 Å². The topological polar surface area (TPSA) is 21.3 Å². The summed E-state index contributed by atoms with van der Waals surface area (Å²) in [7, 11) is 1.70. The molecule has 0 amide bonds. The lowest BCUT2D eigenvalue weighted by Gasteiger charge is -2.13. The average Bonchev–Trinajstić information content (AvgIpc) is 2.96. The van der Waals surface area contributed by atoms with E-state index in [0.717, 1.165) is 25.1 Å². The summed E-state index contributed by atoms with van der Waals surface area (Å²) in [5, 5.41) is 5.69. The van der Waals surface area contributed by atoms with Crippen LogP contribution in [0, 0.1) is 0 Å². The van der Waals surface area contributed by atoms with Crippen molar-refractivity contribution in [3.05, 3.63) is 52.2 Å². The zero-order chi connectivity index (χ0) is 13.5. The van der Waals surface area contributed by atoms with Gasteiger partial charge in [0.25, 0.3) is 0 Å². The highest BCUT2D eigenvalue weighted by Gasteiger charge is 2.03. The zero-order valence-corrected chi connectivity index (χ0v) is 12.4. The normalized spacial score (nSPS) is 12.3. The monoisotopic (exact) mass is 275 g/mol. The van der Waals surface area contributed by atoms with Gasteiger partial charge in [-0.2, -0.15) is 0 Å². The summed E-state index contributed by atoms with van der Waals surface area (Å²) in [6.45, 7) is 3.22. The average molecular weight is 275 g/mol. The summed E-state index contributed by atoms with van der Waals surface area (Å²) in [6.07, 6.45) is 2.25. The minimum atomic E-state index is 0.532. The summed E-state index contributed by atoms with van der Waals surface area (Å²) in [5.74, 6) is 0.924. The first-order valence-corrected chi connectivity index (χ1v) is 7.54. The second-order valence-corrected chi connectivity index (χ2v) is 5.78. The van der Waals surface area contributed by atoms with E-state index in [1.54, 1.807) is 7.11 Å². The van der Waals surface area contributed by atoms with E-state index in [9.17, 15) is 0 Å². The SMILES string of the molecule is COc1ccc(CCC(C)NCc2cccs2)cc1. The van der Waals surface area contributed by atoms with Crippen LogP contribution in [0.15, 0.2) is 41.8 Å². The molecular formula is C16H21NOS. The van der Waals surface area contributed by atoms with Crippen LogP contribution in [0.1, 0.15) is 23.8 Å². The number of ether oxygens (including phenoxy) is 1. The Morgan fingerprint density at radius 1 is 1.21 bits per heavy atom. The van der Waals surface area contributed by atoms with E-state index in [-0.39, 0.29) is 0 Å². The van der Waals surface area contributed by atoms with Crippen molar-refractivity contribution in [2.24, 2.45) is 0 Å². The first kappa shape index (κ1) is 14.1. The highest BCUT2D eigenvalue weighted by atomic mass is 32.1. The predicted molar refractivity (Wildman–Crippen MR) is 81.9 cm³/mol. The summed E-state index contributed by atoms with van der Waals surface area (Å²) >= 11 is 1.81. The molecule has 0 aliphatic heterocycles. The lowest BCUT2D eigenvalue weighted by molar-refractivity contribution is 0.414. The molecule has 0 aliphatic carbocycles. The third kappa shape index (κ3) is 4.69. The first-order valence-electron chi connectivity index (χ1n) is 6.66. The Morgan fingerprint density at radius 2 is 2.00 bits per heavy atom. The lowest BCUT2D eigenvalue weighted by atomic mass is 10.1. The van der Waals surface area contributed by atoms with Gasteiger partial charge in [0.15, 0.2) is 0 Å². The van der Waals surface area contributed by atoms with Crippen LogP contribution in [0.3, 0.4) is 0 Å². The maximum Gasteiger partial charge on any atom is 0.118 e. The molecule has 102 valence electrons. The summed E-state index contributed by atoms with van der Waals surface area (Å²) in [4.78, 5) is 1.40. The van der Waals surface area contributed by atoms with Gasteiger partial charge >= 0.3 is 0 Å².